The van der Waals surface area contributed by atoms with Crippen molar-refractivity contribution in [3.63, 3.8) is 0 Å². The lowest BCUT2D eigenvalue weighted by Gasteiger charge is -2.26. The van der Waals surface area contributed by atoms with Gasteiger partial charge in [-0.3, -0.25) is 13.8 Å². The van der Waals surface area contributed by atoms with Gasteiger partial charge in [-0.05, 0) is 51.4 Å². The zero-order valence-electron chi connectivity index (χ0n) is 45.9. The summed E-state index contributed by atoms with van der Waals surface area (Å²) in [7, 11) is 1.61. The van der Waals surface area contributed by atoms with Crippen molar-refractivity contribution in [3.05, 3.63) is 36.5 Å². The SMILES string of the molecule is CCCCC/C=C\C/C=C\C/C=C\CCCCCCCCC(=O)NC(COP(=O)(O)OCC[N+](C)(C)C)C(O)CCCCCCCCCCCCCCCCCCCCCCCCCCCCC. The van der Waals surface area contributed by atoms with Crippen LogP contribution in [0.5, 0.6) is 0 Å². The Hall–Kier alpha value is -1.28. The van der Waals surface area contributed by atoms with Crippen molar-refractivity contribution < 1.29 is 32.9 Å². The highest BCUT2D eigenvalue weighted by Crippen LogP contribution is 2.43. The van der Waals surface area contributed by atoms with Crippen molar-refractivity contribution in [2.75, 3.05) is 40.9 Å². The Kier molecular flexibility index (Phi) is 49.7. The molecule has 0 rings (SSSR count). The van der Waals surface area contributed by atoms with E-state index in [4.69, 9.17) is 9.05 Å². The molecule has 3 unspecified atom stereocenters. The number of carbonyl (C=O) groups is 1. The van der Waals surface area contributed by atoms with Gasteiger partial charge in [0, 0.05) is 6.42 Å². The predicted octanol–water partition coefficient (Wildman–Crippen LogP) is 17.8. The monoisotopic (exact) mass is 980 g/mol. The Balaban J connectivity index is 4.14. The smallest absolute Gasteiger partial charge is 0.391 e. The molecule has 8 nitrogen and oxygen atoms in total. The van der Waals surface area contributed by atoms with Gasteiger partial charge >= 0.3 is 7.82 Å². The van der Waals surface area contributed by atoms with Gasteiger partial charge in [-0.2, -0.15) is 0 Å². The first-order valence-electron chi connectivity index (χ1n) is 29.4. The zero-order chi connectivity index (χ0) is 49.9. The molecule has 0 aliphatic rings. The number of unbranched alkanes of at least 4 members (excludes halogenated alkanes) is 35. The van der Waals surface area contributed by atoms with Crippen LogP contribution in [0.2, 0.25) is 0 Å². The molecule has 0 aromatic heterocycles. The van der Waals surface area contributed by atoms with Crippen LogP contribution in [0, 0.1) is 0 Å². The molecule has 0 radical (unpaired) electrons. The Morgan fingerprint density at radius 3 is 1.25 bits per heavy atom. The number of hydrogen-bond acceptors (Lipinski definition) is 5. The van der Waals surface area contributed by atoms with E-state index in [1.54, 1.807) is 0 Å². The Morgan fingerprint density at radius 1 is 0.500 bits per heavy atom. The molecule has 0 aromatic carbocycles. The molecule has 0 saturated carbocycles. The fourth-order valence-corrected chi connectivity index (χ4v) is 9.50. The van der Waals surface area contributed by atoms with Crippen LogP contribution in [0.3, 0.4) is 0 Å². The summed E-state index contributed by atoms with van der Waals surface area (Å²) in [6.07, 6.45) is 64.9. The van der Waals surface area contributed by atoms with Gasteiger partial charge in [0.05, 0.1) is 39.9 Å². The van der Waals surface area contributed by atoms with Gasteiger partial charge in [-0.25, -0.2) is 4.57 Å². The van der Waals surface area contributed by atoms with E-state index < -0.39 is 20.0 Å². The van der Waals surface area contributed by atoms with E-state index >= 15 is 0 Å². The number of quaternary nitrogens is 1. The molecule has 0 aliphatic carbocycles. The van der Waals surface area contributed by atoms with Gasteiger partial charge in [0.1, 0.15) is 13.2 Å². The molecule has 0 saturated heterocycles. The third kappa shape index (κ3) is 52.5. The van der Waals surface area contributed by atoms with Crippen LogP contribution in [-0.2, 0) is 18.4 Å². The van der Waals surface area contributed by atoms with E-state index in [1.807, 2.05) is 21.1 Å². The van der Waals surface area contributed by atoms with Crippen LogP contribution in [0.4, 0.5) is 0 Å². The number of rotatable bonds is 54. The number of aliphatic hydroxyl groups is 1. The predicted molar refractivity (Wildman–Crippen MR) is 295 cm³/mol. The maximum atomic E-state index is 13.0. The zero-order valence-corrected chi connectivity index (χ0v) is 46.8. The highest BCUT2D eigenvalue weighted by atomic mass is 31.2. The van der Waals surface area contributed by atoms with Crippen molar-refractivity contribution in [3.8, 4) is 0 Å². The quantitative estimate of drug-likeness (QED) is 0.0243. The van der Waals surface area contributed by atoms with Crippen LogP contribution < -0.4 is 5.32 Å². The molecule has 1 amide bonds. The molecule has 0 aliphatic heterocycles. The molecule has 0 aromatic rings. The lowest BCUT2D eigenvalue weighted by Crippen LogP contribution is -2.46. The Labute approximate surface area is 423 Å². The summed E-state index contributed by atoms with van der Waals surface area (Å²) in [4.78, 5) is 23.3. The minimum atomic E-state index is -4.33. The average molecular weight is 981 g/mol. The highest BCUT2D eigenvalue weighted by Gasteiger charge is 2.28. The second-order valence-corrected chi connectivity index (χ2v) is 22.8. The third-order valence-corrected chi connectivity index (χ3v) is 14.4. The van der Waals surface area contributed by atoms with Crippen molar-refractivity contribution in [2.45, 2.75) is 296 Å². The average Bonchev–Trinajstić information content (AvgIpc) is 3.30. The number of allylic oxidation sites excluding steroid dienone is 6. The summed E-state index contributed by atoms with van der Waals surface area (Å²) < 4.78 is 23.8. The molecular formula is C59H116N2O6P+. The second kappa shape index (κ2) is 50.7. The van der Waals surface area contributed by atoms with Crippen molar-refractivity contribution in [1.29, 1.82) is 0 Å². The van der Waals surface area contributed by atoms with Crippen LogP contribution in [0.15, 0.2) is 36.5 Å². The molecule has 3 atom stereocenters. The van der Waals surface area contributed by atoms with Crippen molar-refractivity contribution in [2.24, 2.45) is 0 Å². The first-order valence-corrected chi connectivity index (χ1v) is 30.8. The first-order chi connectivity index (χ1) is 33.0. The van der Waals surface area contributed by atoms with Gasteiger partial charge in [-0.15, -0.1) is 0 Å². The third-order valence-electron chi connectivity index (χ3n) is 13.4. The summed E-state index contributed by atoms with van der Waals surface area (Å²) in [5.74, 6) is -0.154. The first kappa shape index (κ1) is 66.7. The van der Waals surface area contributed by atoms with Crippen LogP contribution in [0.1, 0.15) is 284 Å². The van der Waals surface area contributed by atoms with Crippen molar-refractivity contribution in [1.82, 2.24) is 5.32 Å². The van der Waals surface area contributed by atoms with Crippen LogP contribution in [-0.4, -0.2) is 73.4 Å². The molecule has 0 fully saturated rings. The lowest BCUT2D eigenvalue weighted by molar-refractivity contribution is -0.870. The molecule has 0 bridgehead atoms. The molecule has 0 heterocycles. The number of amides is 1. The minimum absolute atomic E-state index is 0.0718. The van der Waals surface area contributed by atoms with E-state index in [0.29, 0.717) is 23.9 Å². The molecule has 9 heteroatoms. The largest absolute Gasteiger partial charge is 0.472 e. The number of nitrogens with one attached hydrogen (secondary N) is 1. The van der Waals surface area contributed by atoms with E-state index in [1.165, 1.54) is 193 Å². The number of phosphoric ester groups is 1. The molecule has 0 spiro atoms. The molecular weight excluding hydrogens is 864 g/mol. The Morgan fingerprint density at radius 2 is 0.838 bits per heavy atom. The number of likely N-dealkylation sites (N-methyl/N-ethyl adjacent to an activating group) is 1. The topological polar surface area (TPSA) is 105 Å². The van der Waals surface area contributed by atoms with Crippen LogP contribution in [0.25, 0.3) is 0 Å². The number of phosphoric acid groups is 1. The van der Waals surface area contributed by atoms with E-state index in [9.17, 15) is 19.4 Å². The van der Waals surface area contributed by atoms with E-state index in [0.717, 1.165) is 64.2 Å². The highest BCUT2D eigenvalue weighted by molar-refractivity contribution is 7.47. The van der Waals surface area contributed by atoms with Crippen molar-refractivity contribution >= 4 is 13.7 Å². The molecule has 402 valence electrons. The van der Waals surface area contributed by atoms with Gasteiger partial charge in [-0.1, -0.05) is 262 Å². The summed E-state index contributed by atoms with van der Waals surface area (Å²) in [6, 6.07) is -0.769. The summed E-state index contributed by atoms with van der Waals surface area (Å²) in [5.41, 5.74) is 0. The summed E-state index contributed by atoms with van der Waals surface area (Å²) in [6.45, 7) is 4.88. The standard InChI is InChI=1S/C59H115N2O6P/c1-6-8-10-12-14-16-18-20-22-24-26-27-28-29-30-31-32-33-35-36-38-40-42-44-46-48-50-52-58(62)57(56-67-68(64,65)66-55-54-61(3,4)5)60-59(63)53-51-49-47-45-43-41-39-37-34-25-23-21-19-17-15-13-11-9-7-2/h15,17,21,23,34,37,57-58,62H,6-14,16,18-20,22,24-33,35-36,38-56H2,1-5H3,(H-,60,63,64,65)/p+1/b17-15-,23-21-,37-34-. The maximum Gasteiger partial charge on any atom is 0.472 e. The fourth-order valence-electron chi connectivity index (χ4n) is 8.76. The van der Waals surface area contributed by atoms with Crippen LogP contribution >= 0.6 is 7.82 Å². The minimum Gasteiger partial charge on any atom is -0.391 e. The second-order valence-electron chi connectivity index (χ2n) is 21.4. The Bertz CT molecular complexity index is 1200. The number of hydrogen-bond donors (Lipinski definition) is 3. The maximum absolute atomic E-state index is 13.0. The van der Waals surface area contributed by atoms with Gasteiger partial charge < -0.3 is 19.8 Å². The fraction of sp³-hybridized carbons (Fsp3) is 0.881. The number of aliphatic hydroxyl groups excluding tert-OH is 1. The molecule has 3 N–H and O–H groups in total. The summed E-state index contributed by atoms with van der Waals surface area (Å²) >= 11 is 0. The van der Waals surface area contributed by atoms with Gasteiger partial charge in [0.2, 0.25) is 5.91 Å². The van der Waals surface area contributed by atoms with Gasteiger partial charge in [0.25, 0.3) is 0 Å². The molecule has 68 heavy (non-hydrogen) atoms. The summed E-state index contributed by atoms with van der Waals surface area (Å²) in [5, 5.41) is 14.1. The van der Waals surface area contributed by atoms with Gasteiger partial charge in [0.15, 0.2) is 0 Å². The lowest BCUT2D eigenvalue weighted by atomic mass is 10.0. The number of carbonyl (C=O) groups excluding carboxylic acids is 1. The van der Waals surface area contributed by atoms with E-state index in [-0.39, 0.29) is 19.1 Å². The van der Waals surface area contributed by atoms with E-state index in [2.05, 4.69) is 55.6 Å². The normalized spacial score (nSPS) is 14.2. The number of nitrogens with zero attached hydrogens (tertiary/aromatic N) is 1.